The van der Waals surface area contributed by atoms with Crippen molar-refractivity contribution < 1.29 is 14.0 Å². The van der Waals surface area contributed by atoms with Gasteiger partial charge in [-0.2, -0.15) is 0 Å². The maximum absolute atomic E-state index is 12.2. The van der Waals surface area contributed by atoms with E-state index in [1.807, 2.05) is 11.0 Å². The molecule has 116 valence electrons. The molecule has 1 aliphatic rings. The molecule has 2 heterocycles. The Balaban J connectivity index is 1.81. The van der Waals surface area contributed by atoms with Crippen LogP contribution in [-0.4, -0.2) is 66.3 Å². The van der Waals surface area contributed by atoms with Gasteiger partial charge in [-0.25, -0.2) is 0 Å². The highest BCUT2D eigenvalue weighted by Crippen LogP contribution is 2.08. The summed E-state index contributed by atoms with van der Waals surface area (Å²) in [4.78, 5) is 29.6. The molecule has 6 nitrogen and oxygen atoms in total. The Morgan fingerprint density at radius 3 is 2.57 bits per heavy atom. The second-order valence-corrected chi connectivity index (χ2v) is 5.45. The highest BCUT2D eigenvalue weighted by Gasteiger charge is 2.20. The van der Waals surface area contributed by atoms with E-state index in [-0.39, 0.29) is 11.8 Å². The summed E-state index contributed by atoms with van der Waals surface area (Å²) in [6.45, 7) is 5.73. The van der Waals surface area contributed by atoms with Crippen molar-refractivity contribution in [3.8, 4) is 0 Å². The zero-order valence-corrected chi connectivity index (χ0v) is 12.7. The van der Waals surface area contributed by atoms with Crippen molar-refractivity contribution in [2.24, 2.45) is 0 Å². The summed E-state index contributed by atoms with van der Waals surface area (Å²) in [6, 6.07) is 3.63. The van der Waals surface area contributed by atoms with Crippen LogP contribution in [-0.2, 0) is 16.1 Å². The van der Waals surface area contributed by atoms with E-state index in [9.17, 15) is 9.59 Å². The smallest absolute Gasteiger partial charge is 0.224 e. The van der Waals surface area contributed by atoms with E-state index < -0.39 is 0 Å². The summed E-state index contributed by atoms with van der Waals surface area (Å²) in [7, 11) is 2.06. The highest BCUT2D eigenvalue weighted by atomic mass is 16.3. The normalized spacial score (nSPS) is 16.0. The van der Waals surface area contributed by atoms with Crippen LogP contribution in [0.15, 0.2) is 22.8 Å². The van der Waals surface area contributed by atoms with Gasteiger partial charge in [0.15, 0.2) is 0 Å². The number of piperazine rings is 1. The predicted molar refractivity (Wildman–Crippen MR) is 78.5 cm³/mol. The molecule has 1 aromatic rings. The van der Waals surface area contributed by atoms with Gasteiger partial charge >= 0.3 is 0 Å². The number of likely N-dealkylation sites (N-methyl/N-ethyl adjacent to an activating group) is 1. The molecule has 1 saturated heterocycles. The number of nitrogens with zero attached hydrogens (tertiary/aromatic N) is 3. The van der Waals surface area contributed by atoms with Crippen molar-refractivity contribution in [3.63, 3.8) is 0 Å². The molecule has 1 fully saturated rings. The van der Waals surface area contributed by atoms with Crippen LogP contribution in [0.5, 0.6) is 0 Å². The highest BCUT2D eigenvalue weighted by molar-refractivity contribution is 5.78. The average molecular weight is 293 g/mol. The Hall–Kier alpha value is -1.82. The second kappa shape index (κ2) is 7.26. The van der Waals surface area contributed by atoms with Gasteiger partial charge in [0.1, 0.15) is 5.76 Å². The van der Waals surface area contributed by atoms with Gasteiger partial charge in [-0.15, -0.1) is 0 Å². The first-order chi connectivity index (χ1) is 10.1. The van der Waals surface area contributed by atoms with E-state index in [1.54, 1.807) is 17.2 Å². The van der Waals surface area contributed by atoms with E-state index >= 15 is 0 Å². The maximum atomic E-state index is 12.2. The molecule has 0 saturated carbocycles. The molecular weight excluding hydrogens is 270 g/mol. The fourth-order valence-electron chi connectivity index (χ4n) is 2.38. The third-order valence-corrected chi connectivity index (χ3v) is 3.82. The molecule has 0 aliphatic carbocycles. The molecule has 1 aliphatic heterocycles. The number of amides is 2. The zero-order chi connectivity index (χ0) is 15.2. The lowest BCUT2D eigenvalue weighted by Gasteiger charge is -2.33. The minimum absolute atomic E-state index is 0.0439. The minimum atomic E-state index is -0.0439. The first-order valence-electron chi connectivity index (χ1n) is 7.30. The molecule has 0 atom stereocenters. The van der Waals surface area contributed by atoms with Crippen LogP contribution in [0.4, 0.5) is 0 Å². The van der Waals surface area contributed by atoms with Gasteiger partial charge < -0.3 is 19.1 Å². The lowest BCUT2D eigenvalue weighted by Crippen LogP contribution is -2.47. The molecule has 0 aromatic carbocycles. The molecule has 2 amide bonds. The zero-order valence-electron chi connectivity index (χ0n) is 12.7. The summed E-state index contributed by atoms with van der Waals surface area (Å²) >= 11 is 0. The van der Waals surface area contributed by atoms with Crippen molar-refractivity contribution in [3.05, 3.63) is 24.2 Å². The largest absolute Gasteiger partial charge is 0.467 e. The fourth-order valence-corrected chi connectivity index (χ4v) is 2.38. The standard InChI is InChI=1S/C15H23N3O3/c1-13(19)18(12-14-4-3-11-21-14)6-5-15(20)17-9-7-16(2)8-10-17/h3-4,11H,5-10,12H2,1-2H3. The number of rotatable bonds is 5. The van der Waals surface area contributed by atoms with Crippen LogP contribution in [0.1, 0.15) is 19.1 Å². The van der Waals surface area contributed by atoms with Gasteiger partial charge in [-0.1, -0.05) is 0 Å². The first kappa shape index (κ1) is 15.6. The molecule has 0 spiro atoms. The molecule has 21 heavy (non-hydrogen) atoms. The number of hydrogen-bond donors (Lipinski definition) is 0. The predicted octanol–water partition coefficient (Wildman–Crippen LogP) is 0.792. The Labute approximate surface area is 125 Å². The molecule has 1 aromatic heterocycles. The van der Waals surface area contributed by atoms with Gasteiger partial charge in [0.2, 0.25) is 11.8 Å². The second-order valence-electron chi connectivity index (χ2n) is 5.45. The third-order valence-electron chi connectivity index (χ3n) is 3.82. The average Bonchev–Trinajstić information content (AvgIpc) is 2.96. The van der Waals surface area contributed by atoms with Crippen LogP contribution in [0.3, 0.4) is 0 Å². The molecular formula is C15H23N3O3. The van der Waals surface area contributed by atoms with Crippen LogP contribution in [0.25, 0.3) is 0 Å². The minimum Gasteiger partial charge on any atom is -0.467 e. The number of hydrogen-bond acceptors (Lipinski definition) is 4. The topological polar surface area (TPSA) is 57.0 Å². The molecule has 2 rings (SSSR count). The Bertz CT molecular complexity index is 465. The van der Waals surface area contributed by atoms with Crippen LogP contribution >= 0.6 is 0 Å². The van der Waals surface area contributed by atoms with Gasteiger partial charge in [-0.3, -0.25) is 9.59 Å². The summed E-state index contributed by atoms with van der Waals surface area (Å²) < 4.78 is 5.25. The maximum Gasteiger partial charge on any atom is 0.224 e. The Morgan fingerprint density at radius 2 is 2.00 bits per heavy atom. The quantitative estimate of drug-likeness (QED) is 0.805. The molecule has 0 radical (unpaired) electrons. The Morgan fingerprint density at radius 1 is 1.29 bits per heavy atom. The monoisotopic (exact) mass is 293 g/mol. The number of carbonyl (C=O) groups excluding carboxylic acids is 2. The van der Waals surface area contributed by atoms with Crippen LogP contribution in [0.2, 0.25) is 0 Å². The summed E-state index contributed by atoms with van der Waals surface area (Å²) in [5.41, 5.74) is 0. The lowest BCUT2D eigenvalue weighted by atomic mass is 10.2. The number of furan rings is 1. The third kappa shape index (κ3) is 4.60. The molecule has 0 bridgehead atoms. The van der Waals surface area contributed by atoms with E-state index in [0.717, 1.165) is 31.9 Å². The Kier molecular flexibility index (Phi) is 5.38. The van der Waals surface area contributed by atoms with Gasteiger partial charge in [0, 0.05) is 46.1 Å². The van der Waals surface area contributed by atoms with Crippen LogP contribution < -0.4 is 0 Å². The van der Waals surface area contributed by atoms with E-state index in [0.29, 0.717) is 19.5 Å². The van der Waals surface area contributed by atoms with Gasteiger partial charge in [0.25, 0.3) is 0 Å². The van der Waals surface area contributed by atoms with Gasteiger partial charge in [-0.05, 0) is 19.2 Å². The van der Waals surface area contributed by atoms with E-state index in [2.05, 4.69) is 11.9 Å². The van der Waals surface area contributed by atoms with Crippen molar-refractivity contribution in [1.82, 2.24) is 14.7 Å². The van der Waals surface area contributed by atoms with Gasteiger partial charge in [0.05, 0.1) is 12.8 Å². The molecule has 6 heteroatoms. The fraction of sp³-hybridized carbons (Fsp3) is 0.600. The summed E-state index contributed by atoms with van der Waals surface area (Å²) in [5.74, 6) is 0.809. The van der Waals surface area contributed by atoms with E-state index in [4.69, 9.17) is 4.42 Å². The van der Waals surface area contributed by atoms with E-state index in [1.165, 1.54) is 6.92 Å². The lowest BCUT2D eigenvalue weighted by molar-refractivity contribution is -0.135. The molecule has 0 unspecified atom stereocenters. The van der Waals surface area contributed by atoms with Crippen molar-refractivity contribution >= 4 is 11.8 Å². The first-order valence-corrected chi connectivity index (χ1v) is 7.30. The van der Waals surface area contributed by atoms with Crippen molar-refractivity contribution in [1.29, 1.82) is 0 Å². The number of carbonyl (C=O) groups is 2. The van der Waals surface area contributed by atoms with Crippen molar-refractivity contribution in [2.75, 3.05) is 39.8 Å². The van der Waals surface area contributed by atoms with Crippen LogP contribution in [0, 0.1) is 0 Å². The molecule has 0 N–H and O–H groups in total. The summed E-state index contributed by atoms with van der Waals surface area (Å²) in [6.07, 6.45) is 1.95. The van der Waals surface area contributed by atoms with Crippen molar-refractivity contribution in [2.45, 2.75) is 19.9 Å². The SMILES string of the molecule is CC(=O)N(CCC(=O)N1CCN(C)CC1)Cc1ccco1. The summed E-state index contributed by atoms with van der Waals surface area (Å²) in [5, 5.41) is 0.